The summed E-state index contributed by atoms with van der Waals surface area (Å²) in [5, 5.41) is 0. The van der Waals surface area contributed by atoms with E-state index in [9.17, 15) is 9.59 Å². The Morgan fingerprint density at radius 3 is 2.61 bits per heavy atom. The van der Waals surface area contributed by atoms with Gasteiger partial charge in [0.25, 0.3) is 0 Å². The van der Waals surface area contributed by atoms with E-state index in [0.717, 1.165) is 19.3 Å². The number of hydrogen-bond donors (Lipinski definition) is 0. The Morgan fingerprint density at radius 2 is 1.91 bits per heavy atom. The summed E-state index contributed by atoms with van der Waals surface area (Å²) >= 11 is 0. The third kappa shape index (κ3) is 3.32. The molecule has 0 radical (unpaired) electrons. The van der Waals surface area contributed by atoms with Gasteiger partial charge in [0.2, 0.25) is 0 Å². The highest BCUT2D eigenvalue weighted by molar-refractivity contribution is 5.98. The molecule has 6 nitrogen and oxygen atoms in total. The molecule has 124 valence electrons. The number of morpholine rings is 1. The average Bonchev–Trinajstić information content (AvgIpc) is 2.54. The molecular weight excluding hydrogens is 298 g/mol. The van der Waals surface area contributed by atoms with Crippen LogP contribution in [0.4, 0.5) is 4.79 Å². The van der Waals surface area contributed by atoms with Crippen molar-refractivity contribution in [3.63, 3.8) is 0 Å². The minimum atomic E-state index is -0.677. The molecule has 2 heterocycles. The summed E-state index contributed by atoms with van der Waals surface area (Å²) in [5.41, 5.74) is 0.265. The molecule has 0 saturated carbocycles. The van der Waals surface area contributed by atoms with Crippen LogP contribution >= 0.6 is 0 Å². The maximum absolute atomic E-state index is 12.5. The maximum atomic E-state index is 12.5. The number of piperidine rings is 1. The second-order valence-corrected chi connectivity index (χ2v) is 5.77. The van der Waals surface area contributed by atoms with Crippen LogP contribution in [0.25, 0.3) is 0 Å². The number of esters is 1. The van der Waals surface area contributed by atoms with E-state index in [2.05, 4.69) is 0 Å². The van der Waals surface area contributed by atoms with Crippen LogP contribution in [0.2, 0.25) is 0 Å². The summed E-state index contributed by atoms with van der Waals surface area (Å²) in [4.78, 5) is 26.5. The molecule has 2 unspecified atom stereocenters. The zero-order valence-electron chi connectivity index (χ0n) is 13.2. The standard InChI is InChI=1S/C17H21NO5/c1-2-22-15-9-4-3-8-14(15)16(19)23-17(20)18-12-6-5-7-13(18)11-21-10-12/h3-4,8-9,12-13H,2,5-7,10-11H2,1H3. The van der Waals surface area contributed by atoms with E-state index >= 15 is 0 Å². The van der Waals surface area contributed by atoms with Crippen LogP contribution in [-0.2, 0) is 9.47 Å². The zero-order valence-corrected chi connectivity index (χ0v) is 13.2. The summed E-state index contributed by atoms with van der Waals surface area (Å²) in [6, 6.07) is 6.78. The van der Waals surface area contributed by atoms with Gasteiger partial charge in [0, 0.05) is 0 Å². The van der Waals surface area contributed by atoms with Gasteiger partial charge in [-0.3, -0.25) is 4.90 Å². The molecule has 2 saturated heterocycles. The van der Waals surface area contributed by atoms with E-state index in [1.54, 1.807) is 29.2 Å². The molecule has 0 aliphatic carbocycles. The quantitative estimate of drug-likeness (QED) is 0.633. The third-order valence-electron chi connectivity index (χ3n) is 4.28. The van der Waals surface area contributed by atoms with Gasteiger partial charge in [-0.2, -0.15) is 0 Å². The van der Waals surface area contributed by atoms with Crippen LogP contribution in [0.1, 0.15) is 36.5 Å². The normalized spacial score (nSPS) is 23.3. The number of hydrogen-bond acceptors (Lipinski definition) is 5. The smallest absolute Gasteiger partial charge is 0.418 e. The number of carbonyl (C=O) groups excluding carboxylic acids is 2. The number of carbonyl (C=O) groups is 2. The largest absolute Gasteiger partial charge is 0.493 e. The van der Waals surface area contributed by atoms with Crippen molar-refractivity contribution in [2.45, 2.75) is 38.3 Å². The fraction of sp³-hybridized carbons (Fsp3) is 0.529. The monoisotopic (exact) mass is 319 g/mol. The number of fused-ring (bicyclic) bond motifs is 2. The highest BCUT2D eigenvalue weighted by Gasteiger charge is 2.39. The SMILES string of the molecule is CCOc1ccccc1C(=O)OC(=O)N1C2CCCC1COC2. The molecular formula is C17H21NO5. The lowest BCUT2D eigenvalue weighted by Gasteiger charge is -2.44. The number of amides is 1. The number of benzene rings is 1. The van der Waals surface area contributed by atoms with Gasteiger partial charge in [-0.1, -0.05) is 12.1 Å². The van der Waals surface area contributed by atoms with Crippen molar-refractivity contribution in [1.29, 1.82) is 0 Å². The first kappa shape index (κ1) is 15.8. The molecule has 0 spiro atoms. The summed E-state index contributed by atoms with van der Waals surface area (Å²) in [7, 11) is 0. The first-order valence-electron chi connectivity index (χ1n) is 8.04. The molecule has 23 heavy (non-hydrogen) atoms. The van der Waals surface area contributed by atoms with Gasteiger partial charge in [-0.05, 0) is 38.3 Å². The first-order valence-corrected chi connectivity index (χ1v) is 8.04. The fourth-order valence-electron chi connectivity index (χ4n) is 3.23. The van der Waals surface area contributed by atoms with Crippen molar-refractivity contribution in [2.75, 3.05) is 19.8 Å². The van der Waals surface area contributed by atoms with Crippen molar-refractivity contribution in [3.05, 3.63) is 29.8 Å². The topological polar surface area (TPSA) is 65.1 Å². The minimum Gasteiger partial charge on any atom is -0.493 e. The highest BCUT2D eigenvalue weighted by Crippen LogP contribution is 2.28. The van der Waals surface area contributed by atoms with Gasteiger partial charge in [0.1, 0.15) is 11.3 Å². The molecule has 2 atom stereocenters. The molecule has 1 amide bonds. The van der Waals surface area contributed by atoms with Crippen molar-refractivity contribution in [2.24, 2.45) is 0 Å². The average molecular weight is 319 g/mol. The van der Waals surface area contributed by atoms with E-state index in [1.165, 1.54) is 0 Å². The Balaban J connectivity index is 1.71. The van der Waals surface area contributed by atoms with E-state index in [0.29, 0.717) is 25.6 Å². The predicted molar refractivity (Wildman–Crippen MR) is 82.5 cm³/mol. The van der Waals surface area contributed by atoms with Gasteiger partial charge >= 0.3 is 12.1 Å². The molecule has 6 heteroatoms. The van der Waals surface area contributed by atoms with Crippen molar-refractivity contribution >= 4 is 12.1 Å². The Bertz CT molecular complexity index is 566. The lowest BCUT2D eigenvalue weighted by Crippen LogP contribution is -2.57. The van der Waals surface area contributed by atoms with Gasteiger partial charge in [0.05, 0.1) is 31.9 Å². The predicted octanol–water partition coefficient (Wildman–Crippen LogP) is 2.62. The lowest BCUT2D eigenvalue weighted by molar-refractivity contribution is -0.0615. The van der Waals surface area contributed by atoms with Crippen molar-refractivity contribution in [3.8, 4) is 5.75 Å². The number of rotatable bonds is 3. The van der Waals surface area contributed by atoms with Crippen LogP contribution in [0, 0.1) is 0 Å². The molecule has 2 aliphatic rings. The number of ether oxygens (including phenoxy) is 3. The van der Waals surface area contributed by atoms with Gasteiger partial charge in [0.15, 0.2) is 0 Å². The number of para-hydroxylation sites is 1. The van der Waals surface area contributed by atoms with Crippen molar-refractivity contribution in [1.82, 2.24) is 4.90 Å². The molecule has 1 aromatic carbocycles. The van der Waals surface area contributed by atoms with E-state index < -0.39 is 12.1 Å². The molecule has 2 aliphatic heterocycles. The maximum Gasteiger partial charge on any atom is 0.418 e. The Labute approximate surface area is 135 Å². The molecule has 1 aromatic rings. The summed E-state index contributed by atoms with van der Waals surface area (Å²) in [5.74, 6) is -0.251. The van der Waals surface area contributed by atoms with E-state index in [-0.39, 0.29) is 17.6 Å². The summed E-state index contributed by atoms with van der Waals surface area (Å²) in [6.45, 7) is 3.29. The van der Waals surface area contributed by atoms with Crippen LogP contribution < -0.4 is 4.74 Å². The minimum absolute atomic E-state index is 0.00457. The van der Waals surface area contributed by atoms with E-state index in [1.807, 2.05) is 6.92 Å². The molecule has 0 N–H and O–H groups in total. The Kier molecular flexibility index (Phi) is 4.81. The van der Waals surface area contributed by atoms with Crippen LogP contribution in [0.15, 0.2) is 24.3 Å². The van der Waals surface area contributed by atoms with Crippen LogP contribution in [0.5, 0.6) is 5.75 Å². The molecule has 2 fully saturated rings. The fourth-order valence-corrected chi connectivity index (χ4v) is 3.23. The van der Waals surface area contributed by atoms with Gasteiger partial charge in [-0.15, -0.1) is 0 Å². The van der Waals surface area contributed by atoms with Crippen molar-refractivity contribution < 1.29 is 23.8 Å². The molecule has 3 rings (SSSR count). The second kappa shape index (κ2) is 7.00. The number of nitrogens with zero attached hydrogens (tertiary/aromatic N) is 1. The van der Waals surface area contributed by atoms with Gasteiger partial charge < -0.3 is 14.2 Å². The lowest BCUT2D eigenvalue weighted by atomic mass is 9.95. The van der Waals surface area contributed by atoms with Gasteiger partial charge in [-0.25, -0.2) is 9.59 Å². The van der Waals surface area contributed by atoms with Crippen LogP contribution in [0.3, 0.4) is 0 Å². The molecule has 2 bridgehead atoms. The summed E-state index contributed by atoms with van der Waals surface area (Å²) < 4.78 is 16.0. The van der Waals surface area contributed by atoms with E-state index in [4.69, 9.17) is 14.2 Å². The Morgan fingerprint density at radius 1 is 1.22 bits per heavy atom. The highest BCUT2D eigenvalue weighted by atomic mass is 16.6. The molecule has 0 aromatic heterocycles. The Hall–Kier alpha value is -2.08. The summed E-state index contributed by atoms with van der Waals surface area (Å²) in [6.07, 6.45) is 2.26. The third-order valence-corrected chi connectivity index (χ3v) is 4.28. The zero-order chi connectivity index (χ0) is 16.2. The van der Waals surface area contributed by atoms with Crippen LogP contribution in [-0.4, -0.2) is 48.9 Å². The first-order chi connectivity index (χ1) is 11.2. The second-order valence-electron chi connectivity index (χ2n) is 5.77.